The number of ether oxygens (including phenoxy) is 4. The van der Waals surface area contributed by atoms with E-state index in [1.807, 2.05) is 21.1 Å². The normalized spacial score (nSPS) is 13.5. The van der Waals surface area contributed by atoms with Gasteiger partial charge in [-0.1, -0.05) is 245 Å². The van der Waals surface area contributed by atoms with Gasteiger partial charge in [0.05, 0.1) is 34.4 Å². The third-order valence-corrected chi connectivity index (χ3v) is 13.3. The summed E-state index contributed by atoms with van der Waals surface area (Å²) in [5.74, 6) is -2.02. The van der Waals surface area contributed by atoms with Crippen LogP contribution in [0, 0.1) is 0 Å². The highest BCUT2D eigenvalue weighted by molar-refractivity contribution is 5.71. The summed E-state index contributed by atoms with van der Waals surface area (Å²) in [5.41, 5.74) is 0. The van der Waals surface area contributed by atoms with Gasteiger partial charge in [0.15, 0.2) is 6.10 Å². The van der Waals surface area contributed by atoms with Gasteiger partial charge in [-0.05, 0) is 103 Å². The summed E-state index contributed by atoms with van der Waals surface area (Å²) in [6, 6.07) is 0. The van der Waals surface area contributed by atoms with Crippen LogP contribution < -0.4 is 0 Å². The zero-order valence-corrected chi connectivity index (χ0v) is 50.8. The quantitative estimate of drug-likeness (QED) is 0.0211. The Labute approximate surface area is 479 Å². The Hall–Kier alpha value is -4.05. The fourth-order valence-electron chi connectivity index (χ4n) is 8.44. The average Bonchev–Trinajstić information content (AvgIpc) is 3.41. The van der Waals surface area contributed by atoms with Gasteiger partial charge >= 0.3 is 17.9 Å². The van der Waals surface area contributed by atoms with Crippen LogP contribution in [0.3, 0.4) is 0 Å². The fraction of sp³-hybridized carbons (Fsp3) is 0.696. The van der Waals surface area contributed by atoms with Crippen molar-refractivity contribution in [3.05, 3.63) is 109 Å². The molecule has 0 fully saturated rings. The number of carbonyl (C=O) groups is 3. The highest BCUT2D eigenvalue weighted by Gasteiger charge is 2.25. The van der Waals surface area contributed by atoms with Crippen molar-refractivity contribution in [2.45, 2.75) is 264 Å². The number of carboxylic acids is 1. The van der Waals surface area contributed by atoms with Gasteiger partial charge in [0.25, 0.3) is 6.29 Å². The number of rotatable bonds is 57. The third-order valence-electron chi connectivity index (χ3n) is 13.3. The number of likely N-dealkylation sites (N-methyl/N-ethyl adjacent to an activating group) is 1. The molecule has 9 heteroatoms. The predicted octanol–water partition coefficient (Wildman–Crippen LogP) is 19.1. The molecular weight excluding hydrogens is 971 g/mol. The lowest BCUT2D eigenvalue weighted by Crippen LogP contribution is -2.40. The lowest BCUT2D eigenvalue weighted by atomic mass is 10.0. The number of aliphatic carboxylic acids is 1. The van der Waals surface area contributed by atoms with Gasteiger partial charge in [-0.2, -0.15) is 0 Å². The van der Waals surface area contributed by atoms with Crippen LogP contribution >= 0.6 is 0 Å². The molecule has 78 heavy (non-hydrogen) atoms. The molecule has 0 saturated heterocycles. The SMILES string of the molecule is CC/C=C\C/C=C\C/C=C\C/C=C\C/C=C\C/C=C\C/C=C\CCCCCCCCCCCCCCCC(=O)OC(COC(=O)CCCCCCCCC/C=C\C/C=C\CCCCCC)COC(OCC[N+](C)(C)C)C(=O)O. The summed E-state index contributed by atoms with van der Waals surface area (Å²) in [7, 11) is 5.96. The van der Waals surface area contributed by atoms with E-state index in [0.29, 0.717) is 17.4 Å². The van der Waals surface area contributed by atoms with E-state index in [9.17, 15) is 19.5 Å². The molecule has 0 amide bonds. The fourth-order valence-corrected chi connectivity index (χ4v) is 8.44. The van der Waals surface area contributed by atoms with E-state index in [1.165, 1.54) is 116 Å². The minimum Gasteiger partial charge on any atom is -0.477 e. The summed E-state index contributed by atoms with van der Waals surface area (Å²) < 4.78 is 22.9. The number of carbonyl (C=O) groups excluding carboxylic acids is 2. The maximum atomic E-state index is 12.9. The first-order valence-electron chi connectivity index (χ1n) is 31.6. The van der Waals surface area contributed by atoms with Crippen molar-refractivity contribution in [3.8, 4) is 0 Å². The average molecular weight is 1090 g/mol. The first-order chi connectivity index (χ1) is 38.1. The van der Waals surface area contributed by atoms with Crippen molar-refractivity contribution in [2.75, 3.05) is 47.5 Å². The van der Waals surface area contributed by atoms with E-state index >= 15 is 0 Å². The Morgan fingerprint density at radius 2 is 0.731 bits per heavy atom. The minimum absolute atomic E-state index is 0.182. The summed E-state index contributed by atoms with van der Waals surface area (Å²) >= 11 is 0. The van der Waals surface area contributed by atoms with E-state index in [-0.39, 0.29) is 38.6 Å². The molecule has 1 N–H and O–H groups in total. The second-order valence-electron chi connectivity index (χ2n) is 22.0. The minimum atomic E-state index is -1.52. The molecule has 0 heterocycles. The van der Waals surface area contributed by atoms with E-state index in [1.54, 1.807) is 0 Å². The Morgan fingerprint density at radius 1 is 0.397 bits per heavy atom. The van der Waals surface area contributed by atoms with Crippen LogP contribution in [0.15, 0.2) is 109 Å². The van der Waals surface area contributed by atoms with Crippen molar-refractivity contribution in [3.63, 3.8) is 0 Å². The number of allylic oxidation sites excluding steroid dienone is 18. The number of carboxylic acid groups (broad SMARTS) is 1. The lowest BCUT2D eigenvalue weighted by Gasteiger charge is -2.25. The highest BCUT2D eigenvalue weighted by Crippen LogP contribution is 2.16. The predicted molar refractivity (Wildman–Crippen MR) is 332 cm³/mol. The zero-order valence-electron chi connectivity index (χ0n) is 50.8. The molecule has 0 saturated carbocycles. The van der Waals surface area contributed by atoms with Gasteiger partial charge in [0, 0.05) is 12.8 Å². The molecule has 0 bridgehead atoms. The number of unbranched alkanes of at least 4 members (excludes halogenated alkanes) is 24. The van der Waals surface area contributed by atoms with Crippen LogP contribution in [0.2, 0.25) is 0 Å². The summed E-state index contributed by atoms with van der Waals surface area (Å²) in [6.07, 6.45) is 78.9. The van der Waals surface area contributed by atoms with Crippen molar-refractivity contribution in [1.82, 2.24) is 0 Å². The van der Waals surface area contributed by atoms with Crippen LogP contribution in [0.4, 0.5) is 0 Å². The van der Waals surface area contributed by atoms with Crippen LogP contribution in [0.25, 0.3) is 0 Å². The molecule has 0 aromatic heterocycles. The molecular formula is C69H118NO8+. The molecule has 2 atom stereocenters. The van der Waals surface area contributed by atoms with Gasteiger partial charge < -0.3 is 28.5 Å². The largest absolute Gasteiger partial charge is 0.477 e. The number of quaternary nitrogens is 1. The lowest BCUT2D eigenvalue weighted by molar-refractivity contribution is -0.870. The molecule has 0 aromatic rings. The molecule has 0 radical (unpaired) electrons. The first-order valence-corrected chi connectivity index (χ1v) is 31.6. The number of nitrogens with zero attached hydrogens (tertiary/aromatic N) is 1. The van der Waals surface area contributed by atoms with Crippen molar-refractivity contribution < 1.29 is 42.9 Å². The van der Waals surface area contributed by atoms with E-state index in [2.05, 4.69) is 123 Å². The molecule has 0 aromatic carbocycles. The maximum Gasteiger partial charge on any atom is 0.361 e. The Balaban J connectivity index is 4.16. The van der Waals surface area contributed by atoms with E-state index in [0.717, 1.165) is 103 Å². The molecule has 0 aliphatic heterocycles. The van der Waals surface area contributed by atoms with Crippen LogP contribution in [-0.2, 0) is 33.3 Å². The monoisotopic (exact) mass is 1090 g/mol. The maximum absolute atomic E-state index is 12.9. The molecule has 9 nitrogen and oxygen atoms in total. The van der Waals surface area contributed by atoms with Gasteiger partial charge in [0.1, 0.15) is 13.2 Å². The van der Waals surface area contributed by atoms with Crippen LogP contribution in [-0.4, -0.2) is 87.4 Å². The summed E-state index contributed by atoms with van der Waals surface area (Å²) in [4.78, 5) is 37.5. The van der Waals surface area contributed by atoms with Crippen LogP contribution in [0.1, 0.15) is 251 Å². The molecule has 0 rings (SSSR count). The van der Waals surface area contributed by atoms with Crippen LogP contribution in [0.5, 0.6) is 0 Å². The standard InChI is InChI=1S/C69H117NO8/c1-6-8-10-12-14-16-18-20-22-24-26-27-28-29-30-31-32-33-34-35-36-37-38-39-40-41-42-44-46-48-50-52-54-56-58-60-67(72)78-65(64-77-69(68(73)74)75-62-61-70(3,4)5)63-76-66(71)59-57-55-53-51-49-47-45-43-25-23-21-19-17-15-13-11-9-7-2/h8,10,14,16-17,19-20,22-23,25-27,29-30,32-33,35-36,65,69H,6-7,9,11-13,15,18,21,24,28,31,34,37-64H2,1-5H3/p+1/b10-8-,16-14-,19-17-,22-20-,25-23-,27-26-,30-29-,33-32-,36-35-. The Morgan fingerprint density at radius 3 is 1.09 bits per heavy atom. The zero-order chi connectivity index (χ0) is 56.9. The number of esters is 2. The smallest absolute Gasteiger partial charge is 0.361 e. The first kappa shape index (κ1) is 74.0. The van der Waals surface area contributed by atoms with Crippen molar-refractivity contribution in [1.29, 1.82) is 0 Å². The van der Waals surface area contributed by atoms with Gasteiger partial charge in [0.2, 0.25) is 0 Å². The Kier molecular flexibility index (Phi) is 56.0. The number of hydrogen-bond donors (Lipinski definition) is 1. The van der Waals surface area contributed by atoms with Crippen molar-refractivity contribution in [2.24, 2.45) is 0 Å². The molecule has 446 valence electrons. The molecule has 0 aliphatic rings. The highest BCUT2D eigenvalue weighted by atomic mass is 16.7. The van der Waals surface area contributed by atoms with E-state index < -0.39 is 24.3 Å². The van der Waals surface area contributed by atoms with Crippen molar-refractivity contribution >= 4 is 17.9 Å². The van der Waals surface area contributed by atoms with Gasteiger partial charge in [-0.25, -0.2) is 4.79 Å². The summed E-state index contributed by atoms with van der Waals surface area (Å²) in [5, 5.41) is 9.72. The van der Waals surface area contributed by atoms with Gasteiger partial charge in [-0.15, -0.1) is 0 Å². The Bertz CT molecular complexity index is 1640. The number of hydrogen-bond acceptors (Lipinski definition) is 7. The second kappa shape index (κ2) is 59.1. The molecule has 2 unspecified atom stereocenters. The topological polar surface area (TPSA) is 108 Å². The third kappa shape index (κ3) is 59.6. The molecule has 0 aliphatic carbocycles. The second-order valence-corrected chi connectivity index (χ2v) is 22.0. The molecule has 0 spiro atoms. The van der Waals surface area contributed by atoms with Gasteiger partial charge in [-0.3, -0.25) is 9.59 Å². The summed E-state index contributed by atoms with van der Waals surface area (Å²) in [6.45, 7) is 4.74. The van der Waals surface area contributed by atoms with E-state index in [4.69, 9.17) is 18.9 Å².